The van der Waals surface area contributed by atoms with Gasteiger partial charge in [-0.3, -0.25) is 4.79 Å². The highest BCUT2D eigenvalue weighted by molar-refractivity contribution is 5.77. The molecule has 0 bridgehead atoms. The van der Waals surface area contributed by atoms with Gasteiger partial charge in [0.2, 0.25) is 5.91 Å². The minimum absolute atomic E-state index is 0.151. The van der Waals surface area contributed by atoms with Crippen LogP contribution in [0.4, 0.5) is 0 Å². The normalized spacial score (nSPS) is 32.7. The van der Waals surface area contributed by atoms with Crippen LogP contribution < -0.4 is 11.1 Å². The second-order valence-electron chi connectivity index (χ2n) is 5.52. The number of hydrogen-bond donors (Lipinski definition) is 2. The van der Waals surface area contributed by atoms with Crippen LogP contribution >= 0.6 is 0 Å². The molecular formula is C12H22N2O. The van der Waals surface area contributed by atoms with E-state index in [1.165, 1.54) is 19.3 Å². The van der Waals surface area contributed by atoms with Crippen LogP contribution in [0.25, 0.3) is 0 Å². The van der Waals surface area contributed by atoms with Gasteiger partial charge in [0, 0.05) is 18.5 Å². The molecule has 2 saturated carbocycles. The van der Waals surface area contributed by atoms with E-state index in [2.05, 4.69) is 12.2 Å². The zero-order valence-electron chi connectivity index (χ0n) is 9.59. The highest BCUT2D eigenvalue weighted by Crippen LogP contribution is 2.37. The van der Waals surface area contributed by atoms with Crippen molar-refractivity contribution in [1.82, 2.24) is 5.32 Å². The summed E-state index contributed by atoms with van der Waals surface area (Å²) >= 11 is 0. The van der Waals surface area contributed by atoms with E-state index >= 15 is 0 Å². The van der Waals surface area contributed by atoms with Crippen molar-refractivity contribution in [2.45, 2.75) is 51.0 Å². The van der Waals surface area contributed by atoms with Gasteiger partial charge >= 0.3 is 0 Å². The number of nitrogens with one attached hydrogen (secondary N) is 1. The maximum atomic E-state index is 11.7. The molecule has 0 aromatic carbocycles. The number of nitrogens with two attached hydrogens (primary N) is 1. The Labute approximate surface area is 91.8 Å². The molecule has 2 rings (SSSR count). The fourth-order valence-corrected chi connectivity index (χ4v) is 2.57. The third-order valence-corrected chi connectivity index (χ3v) is 3.95. The van der Waals surface area contributed by atoms with E-state index in [4.69, 9.17) is 5.73 Å². The Balaban J connectivity index is 1.67. The van der Waals surface area contributed by atoms with Gasteiger partial charge in [0.15, 0.2) is 0 Å². The van der Waals surface area contributed by atoms with Crippen molar-refractivity contribution in [3.05, 3.63) is 0 Å². The van der Waals surface area contributed by atoms with E-state index < -0.39 is 0 Å². The van der Waals surface area contributed by atoms with Gasteiger partial charge < -0.3 is 11.1 Å². The van der Waals surface area contributed by atoms with Crippen LogP contribution in [0, 0.1) is 11.8 Å². The topological polar surface area (TPSA) is 55.1 Å². The molecule has 2 atom stereocenters. The predicted octanol–water partition coefficient (Wildman–Crippen LogP) is 1.42. The molecule has 2 aliphatic rings. The Kier molecular flexibility index (Phi) is 3.01. The average Bonchev–Trinajstić information content (AvgIpc) is 2.70. The van der Waals surface area contributed by atoms with Crippen LogP contribution in [0.1, 0.15) is 45.4 Å². The third kappa shape index (κ3) is 2.94. The second kappa shape index (κ2) is 4.12. The van der Waals surface area contributed by atoms with Gasteiger partial charge in [0.1, 0.15) is 0 Å². The van der Waals surface area contributed by atoms with Gasteiger partial charge in [-0.1, -0.05) is 19.8 Å². The van der Waals surface area contributed by atoms with Crippen molar-refractivity contribution in [1.29, 1.82) is 0 Å². The van der Waals surface area contributed by atoms with E-state index in [0.29, 0.717) is 6.42 Å². The SMILES string of the molecule is CC1CC1CNC(=O)CC1(N)CCCC1. The summed E-state index contributed by atoms with van der Waals surface area (Å²) in [6.45, 7) is 3.09. The fraction of sp³-hybridized carbons (Fsp3) is 0.917. The molecule has 0 saturated heterocycles. The molecule has 0 spiro atoms. The summed E-state index contributed by atoms with van der Waals surface area (Å²) < 4.78 is 0. The van der Waals surface area contributed by atoms with Gasteiger partial charge in [-0.15, -0.1) is 0 Å². The van der Waals surface area contributed by atoms with Crippen LogP contribution in [0.3, 0.4) is 0 Å². The van der Waals surface area contributed by atoms with Gasteiger partial charge in [0.25, 0.3) is 0 Å². The smallest absolute Gasteiger partial charge is 0.221 e. The quantitative estimate of drug-likeness (QED) is 0.737. The predicted molar refractivity (Wildman–Crippen MR) is 60.3 cm³/mol. The highest BCUT2D eigenvalue weighted by Gasteiger charge is 2.34. The van der Waals surface area contributed by atoms with Crippen molar-refractivity contribution < 1.29 is 4.79 Å². The lowest BCUT2D eigenvalue weighted by Crippen LogP contribution is -2.42. The van der Waals surface area contributed by atoms with E-state index in [1.54, 1.807) is 0 Å². The Hall–Kier alpha value is -0.570. The van der Waals surface area contributed by atoms with Crippen molar-refractivity contribution in [3.63, 3.8) is 0 Å². The zero-order chi connectivity index (χ0) is 10.9. The maximum Gasteiger partial charge on any atom is 0.221 e. The molecule has 3 nitrogen and oxygen atoms in total. The highest BCUT2D eigenvalue weighted by atomic mass is 16.1. The molecule has 0 aromatic rings. The van der Waals surface area contributed by atoms with Gasteiger partial charge in [-0.05, 0) is 31.1 Å². The van der Waals surface area contributed by atoms with Crippen molar-refractivity contribution in [3.8, 4) is 0 Å². The molecule has 86 valence electrons. The van der Waals surface area contributed by atoms with Crippen LogP contribution in [-0.2, 0) is 4.79 Å². The third-order valence-electron chi connectivity index (χ3n) is 3.95. The summed E-state index contributed by atoms with van der Waals surface area (Å²) in [5.74, 6) is 1.69. The molecule has 2 fully saturated rings. The Morgan fingerprint density at radius 2 is 2.07 bits per heavy atom. The van der Waals surface area contributed by atoms with Crippen LogP contribution in [-0.4, -0.2) is 18.0 Å². The van der Waals surface area contributed by atoms with Crippen molar-refractivity contribution in [2.75, 3.05) is 6.54 Å². The summed E-state index contributed by atoms with van der Waals surface area (Å²) in [6, 6.07) is 0. The number of rotatable bonds is 4. The minimum atomic E-state index is -0.195. The first-order chi connectivity index (χ1) is 7.09. The lowest BCUT2D eigenvalue weighted by atomic mass is 9.94. The van der Waals surface area contributed by atoms with E-state index in [9.17, 15) is 4.79 Å². The molecule has 2 unspecified atom stereocenters. The molecule has 0 radical (unpaired) electrons. The van der Waals surface area contributed by atoms with Gasteiger partial charge in [-0.25, -0.2) is 0 Å². The van der Waals surface area contributed by atoms with Gasteiger partial charge in [-0.2, -0.15) is 0 Å². The number of carbonyl (C=O) groups is 1. The first-order valence-corrected chi connectivity index (χ1v) is 6.15. The standard InChI is InChI=1S/C12H22N2O/c1-9-6-10(9)8-14-11(15)7-12(13)4-2-3-5-12/h9-10H,2-8,13H2,1H3,(H,14,15). The Morgan fingerprint density at radius 1 is 1.47 bits per heavy atom. The molecule has 3 N–H and O–H groups in total. The van der Waals surface area contributed by atoms with E-state index in [-0.39, 0.29) is 11.4 Å². The number of hydrogen-bond acceptors (Lipinski definition) is 2. The molecular weight excluding hydrogens is 188 g/mol. The Bertz CT molecular complexity index is 246. The van der Waals surface area contributed by atoms with Crippen LogP contribution in [0.5, 0.6) is 0 Å². The monoisotopic (exact) mass is 210 g/mol. The van der Waals surface area contributed by atoms with Crippen LogP contribution in [0.2, 0.25) is 0 Å². The summed E-state index contributed by atoms with van der Waals surface area (Å²) in [6.07, 6.45) is 6.19. The molecule has 3 heteroatoms. The summed E-state index contributed by atoms with van der Waals surface area (Å²) in [5, 5.41) is 3.01. The second-order valence-corrected chi connectivity index (χ2v) is 5.52. The zero-order valence-corrected chi connectivity index (χ0v) is 9.59. The van der Waals surface area contributed by atoms with E-state index in [1.807, 2.05) is 0 Å². The molecule has 15 heavy (non-hydrogen) atoms. The van der Waals surface area contributed by atoms with Crippen molar-refractivity contribution in [2.24, 2.45) is 17.6 Å². The van der Waals surface area contributed by atoms with E-state index in [0.717, 1.165) is 31.2 Å². The average molecular weight is 210 g/mol. The Morgan fingerprint density at radius 3 is 2.60 bits per heavy atom. The molecule has 2 aliphatic carbocycles. The molecule has 0 aromatic heterocycles. The molecule has 1 amide bonds. The first-order valence-electron chi connectivity index (χ1n) is 6.15. The molecule has 0 heterocycles. The largest absolute Gasteiger partial charge is 0.356 e. The molecule has 0 aliphatic heterocycles. The van der Waals surface area contributed by atoms with Crippen molar-refractivity contribution >= 4 is 5.91 Å². The summed E-state index contributed by atoms with van der Waals surface area (Å²) in [5.41, 5.74) is 5.95. The minimum Gasteiger partial charge on any atom is -0.356 e. The first kappa shape index (κ1) is 10.9. The number of carbonyl (C=O) groups excluding carboxylic acids is 1. The lowest BCUT2D eigenvalue weighted by molar-refractivity contribution is -0.122. The summed E-state index contributed by atoms with van der Waals surface area (Å²) in [4.78, 5) is 11.7. The lowest BCUT2D eigenvalue weighted by Gasteiger charge is -2.22. The number of amides is 1. The summed E-state index contributed by atoms with van der Waals surface area (Å²) in [7, 11) is 0. The van der Waals surface area contributed by atoms with Gasteiger partial charge in [0.05, 0.1) is 0 Å². The maximum absolute atomic E-state index is 11.7. The fourth-order valence-electron chi connectivity index (χ4n) is 2.57. The van der Waals surface area contributed by atoms with Crippen LogP contribution in [0.15, 0.2) is 0 Å².